The minimum atomic E-state index is -4.48. The molecule has 0 atom stereocenters. The highest BCUT2D eigenvalue weighted by Crippen LogP contribution is 2.20. The van der Waals surface area contributed by atoms with E-state index in [1.54, 1.807) is 12.1 Å². The van der Waals surface area contributed by atoms with Crippen molar-refractivity contribution in [1.82, 2.24) is 0 Å². The van der Waals surface area contributed by atoms with E-state index in [2.05, 4.69) is 33.5 Å². The summed E-state index contributed by atoms with van der Waals surface area (Å²) in [6.45, 7) is 0. The van der Waals surface area contributed by atoms with Crippen molar-refractivity contribution in [1.29, 1.82) is 0 Å². The van der Waals surface area contributed by atoms with Gasteiger partial charge in [0.25, 0.3) is 0 Å². The zero-order chi connectivity index (χ0) is 10.8. The van der Waals surface area contributed by atoms with Gasteiger partial charge in [-0.3, -0.25) is 0 Å². The number of hydrogen-bond acceptors (Lipinski definition) is 1. The van der Waals surface area contributed by atoms with Crippen LogP contribution in [-0.2, 0) is 0 Å². The zero-order valence-corrected chi connectivity index (χ0v) is 9.13. The molecule has 1 rings (SSSR count). The maximum Gasteiger partial charge on any atom is 0.441 e. The van der Waals surface area contributed by atoms with Crippen LogP contribution in [0.25, 0.3) is 0 Å². The molecular formula is C8H5BrF3NS. The van der Waals surface area contributed by atoms with E-state index >= 15 is 0 Å². The third-order valence-electron chi connectivity index (χ3n) is 1.36. The number of anilines is 1. The lowest BCUT2D eigenvalue weighted by Crippen LogP contribution is -2.27. The molecule has 76 valence electrons. The fourth-order valence-corrected chi connectivity index (χ4v) is 1.12. The van der Waals surface area contributed by atoms with Gasteiger partial charge in [0.1, 0.15) is 0 Å². The van der Waals surface area contributed by atoms with Gasteiger partial charge in [-0.05, 0) is 24.3 Å². The van der Waals surface area contributed by atoms with E-state index in [9.17, 15) is 13.2 Å². The highest BCUT2D eigenvalue weighted by atomic mass is 79.9. The number of rotatable bonds is 1. The maximum atomic E-state index is 12.0. The van der Waals surface area contributed by atoms with Crippen LogP contribution in [0.2, 0.25) is 0 Å². The Hall–Kier alpha value is -0.620. The maximum absolute atomic E-state index is 12.0. The van der Waals surface area contributed by atoms with E-state index in [1.807, 2.05) is 0 Å². The molecule has 1 N–H and O–H groups in total. The average molecular weight is 284 g/mol. The molecule has 0 unspecified atom stereocenters. The van der Waals surface area contributed by atoms with Crippen molar-refractivity contribution in [2.45, 2.75) is 6.18 Å². The molecule has 1 nitrogen and oxygen atoms in total. The fourth-order valence-electron chi connectivity index (χ4n) is 0.735. The summed E-state index contributed by atoms with van der Waals surface area (Å²) in [6.07, 6.45) is -4.48. The Kier molecular flexibility index (Phi) is 3.49. The topological polar surface area (TPSA) is 12.0 Å². The van der Waals surface area contributed by atoms with Crippen molar-refractivity contribution in [2.24, 2.45) is 0 Å². The first kappa shape index (κ1) is 11.5. The second kappa shape index (κ2) is 4.27. The molecule has 0 aliphatic heterocycles. The van der Waals surface area contributed by atoms with Crippen LogP contribution in [0.5, 0.6) is 0 Å². The predicted molar refractivity (Wildman–Crippen MR) is 56.4 cm³/mol. The summed E-state index contributed by atoms with van der Waals surface area (Å²) in [5.41, 5.74) is 0.315. The Morgan fingerprint density at radius 1 is 1.21 bits per heavy atom. The second-order valence-electron chi connectivity index (χ2n) is 2.46. The zero-order valence-electron chi connectivity index (χ0n) is 6.73. The minimum absolute atomic E-state index is 0.315. The molecule has 0 amide bonds. The molecule has 0 bridgehead atoms. The number of thiocarbonyl (C=S) groups is 1. The van der Waals surface area contributed by atoms with Crippen LogP contribution in [0.15, 0.2) is 28.7 Å². The smallest absolute Gasteiger partial charge is 0.343 e. The summed E-state index contributed by atoms with van der Waals surface area (Å²) in [6, 6.07) is 6.26. The van der Waals surface area contributed by atoms with E-state index in [0.29, 0.717) is 5.69 Å². The quantitative estimate of drug-likeness (QED) is 0.788. The van der Waals surface area contributed by atoms with Gasteiger partial charge in [0, 0.05) is 10.2 Å². The van der Waals surface area contributed by atoms with Crippen LogP contribution in [0, 0.1) is 0 Å². The minimum Gasteiger partial charge on any atom is -0.343 e. The molecule has 0 aliphatic rings. The number of halogens is 4. The molecular weight excluding hydrogens is 279 g/mol. The standard InChI is InChI=1S/C8H5BrF3NS/c9-5-1-3-6(4-2-5)13-7(14)8(10,11)12/h1-4H,(H,13,14). The molecule has 0 saturated carbocycles. The van der Waals surface area contributed by atoms with Crippen molar-refractivity contribution in [3.05, 3.63) is 28.7 Å². The summed E-state index contributed by atoms with van der Waals surface area (Å²) >= 11 is 7.33. The van der Waals surface area contributed by atoms with Gasteiger partial charge in [-0.1, -0.05) is 28.1 Å². The monoisotopic (exact) mass is 283 g/mol. The number of alkyl halides is 3. The molecule has 0 heterocycles. The molecule has 0 spiro atoms. The van der Waals surface area contributed by atoms with Crippen molar-refractivity contribution in [3.8, 4) is 0 Å². The summed E-state index contributed by atoms with van der Waals surface area (Å²) in [4.78, 5) is -1.14. The first-order valence-corrected chi connectivity index (χ1v) is 4.73. The van der Waals surface area contributed by atoms with Crippen LogP contribution in [0.3, 0.4) is 0 Å². The molecule has 0 saturated heterocycles. The van der Waals surface area contributed by atoms with Crippen LogP contribution < -0.4 is 5.32 Å². The molecule has 0 fully saturated rings. The largest absolute Gasteiger partial charge is 0.441 e. The van der Waals surface area contributed by atoms with E-state index in [4.69, 9.17) is 0 Å². The van der Waals surface area contributed by atoms with Crippen molar-refractivity contribution in [3.63, 3.8) is 0 Å². The van der Waals surface area contributed by atoms with Gasteiger partial charge in [-0.2, -0.15) is 13.2 Å². The van der Waals surface area contributed by atoms with Crippen LogP contribution >= 0.6 is 28.1 Å². The van der Waals surface area contributed by atoms with Gasteiger partial charge >= 0.3 is 6.18 Å². The Bertz CT molecular complexity index is 333. The fraction of sp³-hybridized carbons (Fsp3) is 0.125. The third-order valence-corrected chi connectivity index (χ3v) is 2.22. The van der Waals surface area contributed by atoms with Crippen molar-refractivity contribution >= 4 is 38.8 Å². The molecule has 0 radical (unpaired) electrons. The normalized spacial score (nSPS) is 11.1. The van der Waals surface area contributed by atoms with Gasteiger partial charge in [0.05, 0.1) is 0 Å². The molecule has 14 heavy (non-hydrogen) atoms. The molecule has 0 aromatic heterocycles. The van der Waals surface area contributed by atoms with Crippen molar-refractivity contribution in [2.75, 3.05) is 5.32 Å². The highest BCUT2D eigenvalue weighted by molar-refractivity contribution is 9.10. The molecule has 0 aliphatic carbocycles. The average Bonchev–Trinajstić information content (AvgIpc) is 2.07. The SMILES string of the molecule is FC(F)(F)C(=S)Nc1ccc(Br)cc1. The Balaban J connectivity index is 2.71. The molecule has 1 aromatic carbocycles. The van der Waals surface area contributed by atoms with E-state index in [-0.39, 0.29) is 0 Å². The van der Waals surface area contributed by atoms with Gasteiger partial charge < -0.3 is 5.32 Å². The van der Waals surface area contributed by atoms with Crippen LogP contribution in [0.1, 0.15) is 0 Å². The van der Waals surface area contributed by atoms with E-state index in [0.717, 1.165) is 4.47 Å². The Labute approximate surface area is 92.4 Å². The number of hydrogen-bond donors (Lipinski definition) is 1. The first-order valence-electron chi connectivity index (χ1n) is 3.53. The molecule has 1 aromatic rings. The lowest BCUT2D eigenvalue weighted by Gasteiger charge is -2.10. The number of nitrogens with one attached hydrogen (secondary N) is 1. The first-order chi connectivity index (χ1) is 6.39. The summed E-state index contributed by atoms with van der Waals surface area (Å²) in [5, 5.41) is 2.09. The lowest BCUT2D eigenvalue weighted by atomic mass is 10.3. The number of benzene rings is 1. The molecule has 6 heteroatoms. The van der Waals surface area contributed by atoms with E-state index in [1.165, 1.54) is 12.1 Å². The summed E-state index contributed by atoms with van der Waals surface area (Å²) < 4.78 is 36.8. The lowest BCUT2D eigenvalue weighted by molar-refractivity contribution is -0.0562. The van der Waals surface area contributed by atoms with Gasteiger partial charge in [-0.25, -0.2) is 0 Å². The summed E-state index contributed by atoms with van der Waals surface area (Å²) in [5.74, 6) is 0. The van der Waals surface area contributed by atoms with Gasteiger partial charge in [0.15, 0.2) is 4.99 Å². The van der Waals surface area contributed by atoms with Gasteiger partial charge in [0.2, 0.25) is 0 Å². The Morgan fingerprint density at radius 2 is 1.71 bits per heavy atom. The van der Waals surface area contributed by atoms with Gasteiger partial charge in [-0.15, -0.1) is 0 Å². The predicted octanol–water partition coefficient (Wildman–Crippen LogP) is 3.75. The Morgan fingerprint density at radius 3 is 2.14 bits per heavy atom. The van der Waals surface area contributed by atoms with E-state index < -0.39 is 11.2 Å². The summed E-state index contributed by atoms with van der Waals surface area (Å²) in [7, 11) is 0. The van der Waals surface area contributed by atoms with Crippen molar-refractivity contribution < 1.29 is 13.2 Å². The van der Waals surface area contributed by atoms with Crippen LogP contribution in [0.4, 0.5) is 18.9 Å². The van der Waals surface area contributed by atoms with Crippen LogP contribution in [-0.4, -0.2) is 11.2 Å². The highest BCUT2D eigenvalue weighted by Gasteiger charge is 2.34. The second-order valence-corrected chi connectivity index (χ2v) is 3.78. The third kappa shape index (κ3) is 3.26.